The van der Waals surface area contributed by atoms with E-state index in [1.165, 1.54) is 5.01 Å². The van der Waals surface area contributed by atoms with E-state index in [1.807, 2.05) is 0 Å². The topological polar surface area (TPSA) is 45.1 Å². The van der Waals surface area contributed by atoms with E-state index in [0.29, 0.717) is 0 Å². The van der Waals surface area contributed by atoms with Gasteiger partial charge in [-0.1, -0.05) is 34.6 Å². The van der Waals surface area contributed by atoms with Crippen molar-refractivity contribution in [1.29, 1.82) is 0 Å². The third-order valence-corrected chi connectivity index (χ3v) is 5.15. The lowest BCUT2D eigenvalue weighted by Gasteiger charge is -2.29. The Balaban J connectivity index is 2.51. The van der Waals surface area contributed by atoms with Crippen molar-refractivity contribution in [3.8, 4) is 0 Å². The van der Waals surface area contributed by atoms with Gasteiger partial charge in [-0.05, 0) is 12.8 Å². The van der Waals surface area contributed by atoms with Crippen LogP contribution in [0, 0.1) is 5.41 Å². The zero-order valence-corrected chi connectivity index (χ0v) is 13.7. The van der Waals surface area contributed by atoms with Crippen LogP contribution in [0.5, 0.6) is 0 Å². The van der Waals surface area contributed by atoms with Crippen molar-refractivity contribution >= 4 is 11.3 Å². The molecule has 0 amide bonds. The van der Waals surface area contributed by atoms with Gasteiger partial charge in [0.1, 0.15) is 0 Å². The molecule has 0 aliphatic rings. The third-order valence-electron chi connectivity index (χ3n) is 3.83. The summed E-state index contributed by atoms with van der Waals surface area (Å²) >= 11 is 1.73. The van der Waals surface area contributed by atoms with Gasteiger partial charge in [-0.15, -0.1) is 11.3 Å². The van der Waals surface area contributed by atoms with E-state index >= 15 is 0 Å². The Hall–Kier alpha value is -0.450. The van der Waals surface area contributed by atoms with Gasteiger partial charge in [-0.2, -0.15) is 0 Å². The summed E-state index contributed by atoms with van der Waals surface area (Å²) in [5, 5.41) is 16.3. The average Bonchev–Trinajstić information content (AvgIpc) is 2.84. The maximum absolute atomic E-state index is 9.53. The van der Waals surface area contributed by atoms with Gasteiger partial charge >= 0.3 is 0 Å². The van der Waals surface area contributed by atoms with Gasteiger partial charge in [0.05, 0.1) is 10.7 Å². The lowest BCUT2D eigenvalue weighted by Crippen LogP contribution is -2.36. The molecule has 110 valence electrons. The largest absolute Gasteiger partial charge is 0.396 e. The maximum Gasteiger partial charge on any atom is 0.0982 e. The van der Waals surface area contributed by atoms with Gasteiger partial charge in [0.25, 0.3) is 0 Å². The van der Waals surface area contributed by atoms with Gasteiger partial charge in [-0.3, -0.25) is 0 Å². The number of rotatable bonds is 7. The highest BCUT2D eigenvalue weighted by Gasteiger charge is 2.24. The van der Waals surface area contributed by atoms with Crippen LogP contribution < -0.4 is 5.32 Å². The number of aromatic nitrogens is 1. The minimum atomic E-state index is 0.0167. The Morgan fingerprint density at radius 3 is 2.32 bits per heavy atom. The molecule has 2 N–H and O–H groups in total. The lowest BCUT2D eigenvalue weighted by molar-refractivity contribution is 0.113. The molecule has 1 heterocycles. The first kappa shape index (κ1) is 16.6. The minimum absolute atomic E-state index is 0.0167. The predicted molar refractivity (Wildman–Crippen MR) is 82.6 cm³/mol. The van der Waals surface area contributed by atoms with Crippen LogP contribution in [0.1, 0.15) is 58.2 Å². The summed E-state index contributed by atoms with van der Waals surface area (Å²) in [5.41, 5.74) is 1.25. The van der Waals surface area contributed by atoms with E-state index in [0.717, 1.165) is 31.6 Å². The number of aliphatic hydroxyl groups is 1. The smallest absolute Gasteiger partial charge is 0.0982 e. The van der Waals surface area contributed by atoms with Crippen LogP contribution in [0.25, 0.3) is 0 Å². The monoisotopic (exact) mass is 284 g/mol. The first-order chi connectivity index (χ1) is 8.87. The molecule has 0 aliphatic heterocycles. The molecule has 1 aromatic heterocycles. The van der Waals surface area contributed by atoms with Gasteiger partial charge in [-0.25, -0.2) is 4.98 Å². The Bertz CT molecular complexity index is 369. The van der Waals surface area contributed by atoms with Gasteiger partial charge in [0.15, 0.2) is 0 Å². The Morgan fingerprint density at radius 2 is 1.89 bits per heavy atom. The molecule has 0 fully saturated rings. The lowest BCUT2D eigenvalue weighted by atomic mass is 9.83. The predicted octanol–water partition coefficient (Wildman–Crippen LogP) is 3.33. The van der Waals surface area contributed by atoms with E-state index in [1.54, 1.807) is 11.3 Å². The quantitative estimate of drug-likeness (QED) is 0.807. The van der Waals surface area contributed by atoms with Gasteiger partial charge in [0.2, 0.25) is 0 Å². The summed E-state index contributed by atoms with van der Waals surface area (Å²) in [4.78, 5) is 4.67. The van der Waals surface area contributed by atoms with E-state index in [-0.39, 0.29) is 17.4 Å². The molecule has 3 nitrogen and oxygen atoms in total. The molecule has 0 saturated carbocycles. The zero-order valence-electron chi connectivity index (χ0n) is 12.9. The van der Waals surface area contributed by atoms with Crippen molar-refractivity contribution in [3.63, 3.8) is 0 Å². The first-order valence-electron chi connectivity index (χ1n) is 7.13. The number of thiazole rings is 1. The highest BCUT2D eigenvalue weighted by atomic mass is 32.1. The first-order valence-corrected chi connectivity index (χ1v) is 8.01. The number of hydrogen-bond acceptors (Lipinski definition) is 4. The molecule has 0 unspecified atom stereocenters. The van der Waals surface area contributed by atoms with Crippen molar-refractivity contribution in [3.05, 3.63) is 16.1 Å². The van der Waals surface area contributed by atoms with Crippen molar-refractivity contribution in [1.82, 2.24) is 10.3 Å². The molecule has 0 bridgehead atoms. The van der Waals surface area contributed by atoms with E-state index < -0.39 is 0 Å². The number of nitrogens with zero attached hydrogens (tertiary/aromatic N) is 1. The van der Waals surface area contributed by atoms with Crippen molar-refractivity contribution in [2.75, 3.05) is 13.2 Å². The highest BCUT2D eigenvalue weighted by molar-refractivity contribution is 7.09. The van der Waals surface area contributed by atoms with E-state index in [4.69, 9.17) is 0 Å². The molecule has 0 spiro atoms. The fraction of sp³-hybridized carbons (Fsp3) is 0.800. The Morgan fingerprint density at radius 1 is 1.26 bits per heavy atom. The van der Waals surface area contributed by atoms with Crippen LogP contribution in [0.4, 0.5) is 0 Å². The molecule has 1 rings (SSSR count). The highest BCUT2D eigenvalue weighted by Crippen LogP contribution is 2.26. The molecule has 19 heavy (non-hydrogen) atoms. The molecule has 0 saturated heterocycles. The molecular weight excluding hydrogens is 256 g/mol. The molecule has 0 atom stereocenters. The SMILES string of the molecule is CCC(CC)(CO)CNCc1csc(C(C)(C)C)n1. The average molecular weight is 284 g/mol. The van der Waals surface area contributed by atoms with Crippen LogP contribution in [0.2, 0.25) is 0 Å². The zero-order chi connectivity index (χ0) is 14.5. The molecule has 0 radical (unpaired) electrons. The number of hydrogen-bond donors (Lipinski definition) is 2. The van der Waals surface area contributed by atoms with Crippen LogP contribution in [0.15, 0.2) is 5.38 Å². The molecule has 0 aliphatic carbocycles. The second kappa shape index (κ2) is 6.82. The fourth-order valence-corrected chi connectivity index (χ4v) is 2.88. The standard InChI is InChI=1S/C15H28N2OS/c1-6-15(7-2,11-18)10-16-8-12-9-19-13(17-12)14(3,4)5/h9,16,18H,6-8,10-11H2,1-5H3. The summed E-state index contributed by atoms with van der Waals surface area (Å²) in [5.74, 6) is 0. The third kappa shape index (κ3) is 4.55. The molecule has 0 aromatic carbocycles. The van der Waals surface area contributed by atoms with E-state index in [2.05, 4.69) is 50.3 Å². The fourth-order valence-electron chi connectivity index (χ4n) is 1.97. The van der Waals surface area contributed by atoms with Crippen LogP contribution in [-0.2, 0) is 12.0 Å². The summed E-state index contributed by atoms with van der Waals surface area (Å²) in [6, 6.07) is 0. The Labute approximate surface area is 121 Å². The number of aliphatic hydroxyl groups excluding tert-OH is 1. The number of nitrogens with one attached hydrogen (secondary N) is 1. The summed E-state index contributed by atoms with van der Waals surface area (Å²) in [7, 11) is 0. The molecule has 1 aromatic rings. The molecular formula is C15H28N2OS. The molecule has 4 heteroatoms. The van der Waals surface area contributed by atoms with Crippen molar-refractivity contribution < 1.29 is 5.11 Å². The summed E-state index contributed by atoms with van der Waals surface area (Å²) in [6.07, 6.45) is 1.99. The van der Waals surface area contributed by atoms with Gasteiger partial charge in [0, 0.05) is 35.9 Å². The minimum Gasteiger partial charge on any atom is -0.396 e. The summed E-state index contributed by atoms with van der Waals surface area (Å²) in [6.45, 7) is 12.7. The van der Waals surface area contributed by atoms with Crippen LogP contribution in [0.3, 0.4) is 0 Å². The maximum atomic E-state index is 9.53. The van der Waals surface area contributed by atoms with Crippen LogP contribution in [-0.4, -0.2) is 23.2 Å². The second-order valence-corrected chi connectivity index (χ2v) is 7.22. The summed E-state index contributed by atoms with van der Waals surface area (Å²) < 4.78 is 0. The van der Waals surface area contributed by atoms with Crippen molar-refractivity contribution in [2.24, 2.45) is 5.41 Å². The second-order valence-electron chi connectivity index (χ2n) is 6.36. The van der Waals surface area contributed by atoms with Crippen molar-refractivity contribution in [2.45, 2.75) is 59.4 Å². The Kier molecular flexibility index (Phi) is 5.96. The van der Waals surface area contributed by atoms with Gasteiger partial charge < -0.3 is 10.4 Å². The normalized spacial score (nSPS) is 12.9. The van der Waals surface area contributed by atoms with Crippen LogP contribution >= 0.6 is 11.3 Å². The van der Waals surface area contributed by atoms with E-state index in [9.17, 15) is 5.11 Å².